The summed E-state index contributed by atoms with van der Waals surface area (Å²) in [5, 5.41) is 6.07. The molecule has 0 aliphatic heterocycles. The van der Waals surface area contributed by atoms with E-state index < -0.39 is 0 Å². The van der Waals surface area contributed by atoms with Crippen LogP contribution in [-0.4, -0.2) is 37.7 Å². The molecule has 0 saturated carbocycles. The minimum Gasteiger partial charge on any atom is -0.380 e. The van der Waals surface area contributed by atoms with Crippen LogP contribution in [0.2, 0.25) is 0 Å². The van der Waals surface area contributed by atoms with Crippen molar-refractivity contribution < 1.29 is 9.53 Å². The molecule has 0 fully saturated rings. The number of amides is 1. The molecule has 96 valence electrons. The van der Waals surface area contributed by atoms with Gasteiger partial charge in [0.2, 0.25) is 5.91 Å². The molecule has 0 radical (unpaired) electrons. The fourth-order valence-electron chi connectivity index (χ4n) is 1.20. The lowest BCUT2D eigenvalue weighted by Crippen LogP contribution is -2.46. The van der Waals surface area contributed by atoms with Gasteiger partial charge in [0.05, 0.1) is 19.2 Å². The molecule has 0 aromatic carbocycles. The largest absolute Gasteiger partial charge is 0.380 e. The third kappa shape index (κ3) is 7.65. The van der Waals surface area contributed by atoms with Crippen LogP contribution < -0.4 is 10.6 Å². The molecule has 16 heavy (non-hydrogen) atoms. The van der Waals surface area contributed by atoms with Gasteiger partial charge in [-0.3, -0.25) is 4.79 Å². The Balaban J connectivity index is 3.93. The summed E-state index contributed by atoms with van der Waals surface area (Å²) in [6, 6.07) is 0.427. The second-order valence-electron chi connectivity index (χ2n) is 4.61. The monoisotopic (exact) mass is 230 g/mol. The summed E-state index contributed by atoms with van der Waals surface area (Å²) in [5.41, 5.74) is 0. The summed E-state index contributed by atoms with van der Waals surface area (Å²) < 4.78 is 5.35. The van der Waals surface area contributed by atoms with Crippen LogP contribution in [0.15, 0.2) is 0 Å². The lowest BCUT2D eigenvalue weighted by atomic mass is 10.1. The molecule has 0 aliphatic rings. The topological polar surface area (TPSA) is 50.4 Å². The van der Waals surface area contributed by atoms with Crippen LogP contribution in [0.25, 0.3) is 0 Å². The smallest absolute Gasteiger partial charge is 0.234 e. The van der Waals surface area contributed by atoms with Gasteiger partial charge in [0, 0.05) is 12.6 Å². The molecule has 1 amide bonds. The van der Waals surface area contributed by atoms with Crippen molar-refractivity contribution in [2.45, 2.75) is 46.7 Å². The minimum atomic E-state index is 0.0344. The van der Waals surface area contributed by atoms with Crippen LogP contribution in [0.5, 0.6) is 0 Å². The average Bonchev–Trinajstić information content (AvgIpc) is 2.20. The van der Waals surface area contributed by atoms with Crippen molar-refractivity contribution in [2.24, 2.45) is 5.92 Å². The van der Waals surface area contributed by atoms with E-state index in [2.05, 4.69) is 24.5 Å². The number of rotatable bonds is 8. The standard InChI is InChI=1S/C12H26N2O2/c1-6-16-8-11(9(2)3)14-12(15)7-13-10(4)5/h9-11,13H,6-8H2,1-5H3,(H,14,15). The molecule has 0 bridgehead atoms. The fraction of sp³-hybridized carbons (Fsp3) is 0.917. The number of nitrogens with one attached hydrogen (secondary N) is 2. The van der Waals surface area contributed by atoms with Gasteiger partial charge in [-0.25, -0.2) is 0 Å². The lowest BCUT2D eigenvalue weighted by molar-refractivity contribution is -0.121. The summed E-state index contributed by atoms with van der Waals surface area (Å²) in [6.07, 6.45) is 0. The van der Waals surface area contributed by atoms with Crippen LogP contribution in [-0.2, 0) is 9.53 Å². The highest BCUT2D eigenvalue weighted by molar-refractivity contribution is 5.78. The Morgan fingerprint density at radius 1 is 1.25 bits per heavy atom. The highest BCUT2D eigenvalue weighted by Crippen LogP contribution is 2.01. The number of hydrogen-bond donors (Lipinski definition) is 2. The van der Waals surface area contributed by atoms with Crippen molar-refractivity contribution >= 4 is 5.91 Å². The van der Waals surface area contributed by atoms with E-state index in [1.165, 1.54) is 0 Å². The molecule has 0 rings (SSSR count). The van der Waals surface area contributed by atoms with Gasteiger partial charge in [-0.15, -0.1) is 0 Å². The highest BCUT2D eigenvalue weighted by atomic mass is 16.5. The van der Waals surface area contributed by atoms with E-state index >= 15 is 0 Å². The number of carbonyl (C=O) groups excluding carboxylic acids is 1. The lowest BCUT2D eigenvalue weighted by Gasteiger charge is -2.22. The van der Waals surface area contributed by atoms with Crippen LogP contribution in [0.3, 0.4) is 0 Å². The van der Waals surface area contributed by atoms with E-state index in [4.69, 9.17) is 4.74 Å². The van der Waals surface area contributed by atoms with Gasteiger partial charge in [-0.1, -0.05) is 27.7 Å². The Kier molecular flexibility index (Phi) is 8.21. The van der Waals surface area contributed by atoms with E-state index in [1.807, 2.05) is 20.8 Å². The first-order valence-corrected chi connectivity index (χ1v) is 6.07. The van der Waals surface area contributed by atoms with Gasteiger partial charge in [-0.05, 0) is 12.8 Å². The third-order valence-corrected chi connectivity index (χ3v) is 2.32. The Labute approximate surface area is 99.1 Å². The Hall–Kier alpha value is -0.610. The van der Waals surface area contributed by atoms with E-state index in [-0.39, 0.29) is 11.9 Å². The first kappa shape index (κ1) is 15.4. The maximum absolute atomic E-state index is 11.6. The second-order valence-corrected chi connectivity index (χ2v) is 4.61. The molecular weight excluding hydrogens is 204 g/mol. The van der Waals surface area contributed by atoms with Crippen molar-refractivity contribution in [1.82, 2.24) is 10.6 Å². The summed E-state index contributed by atoms with van der Waals surface area (Å²) in [5.74, 6) is 0.418. The first-order valence-electron chi connectivity index (χ1n) is 6.07. The summed E-state index contributed by atoms with van der Waals surface area (Å²) in [6.45, 7) is 11.8. The zero-order valence-corrected chi connectivity index (χ0v) is 11.2. The SMILES string of the molecule is CCOCC(NC(=O)CNC(C)C)C(C)C. The van der Waals surface area contributed by atoms with Crippen LogP contribution in [0.4, 0.5) is 0 Å². The van der Waals surface area contributed by atoms with Gasteiger partial charge < -0.3 is 15.4 Å². The molecule has 0 aromatic heterocycles. The Morgan fingerprint density at radius 3 is 2.31 bits per heavy atom. The summed E-state index contributed by atoms with van der Waals surface area (Å²) in [7, 11) is 0. The molecule has 2 N–H and O–H groups in total. The highest BCUT2D eigenvalue weighted by Gasteiger charge is 2.15. The molecule has 0 heterocycles. The zero-order valence-electron chi connectivity index (χ0n) is 11.2. The molecule has 0 aromatic rings. The molecule has 0 saturated heterocycles. The van der Waals surface area contributed by atoms with Gasteiger partial charge in [-0.2, -0.15) is 0 Å². The molecule has 4 heteroatoms. The van der Waals surface area contributed by atoms with E-state index in [0.29, 0.717) is 31.7 Å². The molecule has 4 nitrogen and oxygen atoms in total. The molecule has 0 spiro atoms. The van der Waals surface area contributed by atoms with Gasteiger partial charge in [0.25, 0.3) is 0 Å². The summed E-state index contributed by atoms with van der Waals surface area (Å²) in [4.78, 5) is 11.6. The maximum Gasteiger partial charge on any atom is 0.234 e. The minimum absolute atomic E-state index is 0.0344. The van der Waals surface area contributed by atoms with Crippen LogP contribution in [0, 0.1) is 5.92 Å². The maximum atomic E-state index is 11.6. The molecule has 1 unspecified atom stereocenters. The van der Waals surface area contributed by atoms with Crippen molar-refractivity contribution in [1.29, 1.82) is 0 Å². The first-order chi connectivity index (χ1) is 7.47. The van der Waals surface area contributed by atoms with Crippen LogP contribution in [0.1, 0.15) is 34.6 Å². The predicted molar refractivity (Wildman–Crippen MR) is 66.4 cm³/mol. The Bertz CT molecular complexity index is 193. The normalized spacial score (nSPS) is 13.2. The second kappa shape index (κ2) is 8.53. The average molecular weight is 230 g/mol. The molecular formula is C12H26N2O2. The molecule has 1 atom stereocenters. The van der Waals surface area contributed by atoms with Crippen molar-refractivity contribution in [3.05, 3.63) is 0 Å². The van der Waals surface area contributed by atoms with Gasteiger partial charge in [0.1, 0.15) is 0 Å². The zero-order chi connectivity index (χ0) is 12.6. The van der Waals surface area contributed by atoms with E-state index in [0.717, 1.165) is 0 Å². The molecule has 0 aliphatic carbocycles. The van der Waals surface area contributed by atoms with Gasteiger partial charge in [0.15, 0.2) is 0 Å². The third-order valence-electron chi connectivity index (χ3n) is 2.32. The predicted octanol–water partition coefficient (Wildman–Crippen LogP) is 1.16. The van der Waals surface area contributed by atoms with Crippen molar-refractivity contribution in [2.75, 3.05) is 19.8 Å². The van der Waals surface area contributed by atoms with Crippen molar-refractivity contribution in [3.63, 3.8) is 0 Å². The van der Waals surface area contributed by atoms with Crippen molar-refractivity contribution in [3.8, 4) is 0 Å². The Morgan fingerprint density at radius 2 is 1.88 bits per heavy atom. The quantitative estimate of drug-likeness (QED) is 0.658. The number of hydrogen-bond acceptors (Lipinski definition) is 3. The van der Waals surface area contributed by atoms with E-state index in [9.17, 15) is 4.79 Å². The number of ether oxygens (including phenoxy) is 1. The van der Waals surface area contributed by atoms with Gasteiger partial charge >= 0.3 is 0 Å². The fourth-order valence-corrected chi connectivity index (χ4v) is 1.20. The number of carbonyl (C=O) groups is 1. The van der Waals surface area contributed by atoms with Crippen LogP contribution >= 0.6 is 0 Å². The van der Waals surface area contributed by atoms with E-state index in [1.54, 1.807) is 0 Å². The summed E-state index contributed by atoms with van der Waals surface area (Å²) >= 11 is 0.